The number of aromatic nitrogens is 1. The number of piperidine rings is 1. The summed E-state index contributed by atoms with van der Waals surface area (Å²) in [6.07, 6.45) is 3.21. The van der Waals surface area contributed by atoms with Gasteiger partial charge < -0.3 is 10.6 Å². The van der Waals surface area contributed by atoms with Crippen molar-refractivity contribution in [2.75, 3.05) is 45.0 Å². The van der Waals surface area contributed by atoms with E-state index in [1.807, 2.05) is 12.1 Å². The lowest BCUT2D eigenvalue weighted by Crippen LogP contribution is -2.52. The number of thiophene rings is 1. The molecule has 10 nitrogen and oxygen atoms in total. The molecule has 2 aliphatic heterocycles. The quantitative estimate of drug-likeness (QED) is 0.444. The Morgan fingerprint density at radius 3 is 2.23 bits per heavy atom. The normalized spacial score (nSPS) is 18.3. The van der Waals surface area contributed by atoms with Crippen molar-refractivity contribution in [3.8, 4) is 0 Å². The molecule has 2 saturated heterocycles. The lowest BCUT2D eigenvalue weighted by Gasteiger charge is -2.38. The zero-order valence-corrected chi connectivity index (χ0v) is 23.8. The van der Waals surface area contributed by atoms with Gasteiger partial charge in [0.2, 0.25) is 15.7 Å². The van der Waals surface area contributed by atoms with Gasteiger partial charge in [0.15, 0.2) is 0 Å². The Kier molecular flexibility index (Phi) is 8.06. The number of pyridine rings is 1. The van der Waals surface area contributed by atoms with E-state index < -0.39 is 19.9 Å². The maximum atomic E-state index is 13.3. The van der Waals surface area contributed by atoms with Crippen LogP contribution in [0, 0.1) is 5.92 Å². The smallest absolute Gasteiger partial charge is 0.252 e. The fraction of sp³-hybridized carbons (Fsp3) is 0.385. The average Bonchev–Trinajstić information content (AvgIpc) is 3.46. The molecule has 208 valence electrons. The number of benzene rings is 1. The molecule has 1 aromatic carbocycles. The summed E-state index contributed by atoms with van der Waals surface area (Å²) in [5, 5.41) is 0. The van der Waals surface area contributed by atoms with Gasteiger partial charge in [0.05, 0.1) is 4.90 Å². The molecule has 39 heavy (non-hydrogen) atoms. The summed E-state index contributed by atoms with van der Waals surface area (Å²) >= 11 is 0.753. The lowest BCUT2D eigenvalue weighted by molar-refractivity contribution is -0.138. The summed E-state index contributed by atoms with van der Waals surface area (Å²) in [6, 6.07) is 14.4. The molecule has 0 saturated carbocycles. The van der Waals surface area contributed by atoms with Gasteiger partial charge >= 0.3 is 0 Å². The number of rotatable bonds is 7. The van der Waals surface area contributed by atoms with Crippen LogP contribution in [-0.4, -0.2) is 81.1 Å². The maximum Gasteiger partial charge on any atom is 0.252 e. The van der Waals surface area contributed by atoms with E-state index in [4.69, 9.17) is 5.73 Å². The molecule has 2 fully saturated rings. The van der Waals surface area contributed by atoms with Gasteiger partial charge in [-0.25, -0.2) is 21.8 Å². The molecular weight excluding hydrogens is 559 g/mol. The fourth-order valence-electron chi connectivity index (χ4n) is 5.03. The van der Waals surface area contributed by atoms with Crippen LogP contribution < -0.4 is 5.73 Å². The Morgan fingerprint density at radius 2 is 1.56 bits per heavy atom. The monoisotopic (exact) mass is 589 g/mol. The highest BCUT2D eigenvalue weighted by Gasteiger charge is 2.35. The van der Waals surface area contributed by atoms with Crippen LogP contribution in [0.15, 0.2) is 74.1 Å². The molecule has 3 aromatic rings. The van der Waals surface area contributed by atoms with Gasteiger partial charge in [0, 0.05) is 44.8 Å². The number of nitrogen functional groups attached to an aromatic ring is 1. The SMILES string of the molecule is Nc1cc(CN2CCC(C(=O)N3CCN(S(=O)(=O)c4ccc(S(=O)(=O)c5ccccc5)s4)CC3)CC2)ccn1. The number of piperazine rings is 1. The Bertz CT molecular complexity index is 1530. The molecule has 0 bridgehead atoms. The van der Waals surface area contributed by atoms with Crippen molar-refractivity contribution in [3.05, 3.63) is 66.4 Å². The molecule has 4 heterocycles. The second-order valence-electron chi connectivity index (χ2n) is 9.76. The summed E-state index contributed by atoms with van der Waals surface area (Å²) in [5.41, 5.74) is 6.87. The molecule has 13 heteroatoms. The second-order valence-corrected chi connectivity index (χ2v) is 15.2. The van der Waals surface area contributed by atoms with Gasteiger partial charge in [-0.2, -0.15) is 4.31 Å². The van der Waals surface area contributed by atoms with Gasteiger partial charge in [-0.1, -0.05) is 18.2 Å². The summed E-state index contributed by atoms with van der Waals surface area (Å²) < 4.78 is 53.6. The van der Waals surface area contributed by atoms with Gasteiger partial charge in [-0.05, 0) is 67.9 Å². The Balaban J connectivity index is 1.15. The van der Waals surface area contributed by atoms with E-state index in [0.717, 1.165) is 49.4 Å². The van der Waals surface area contributed by atoms with Crippen molar-refractivity contribution in [1.82, 2.24) is 19.1 Å². The van der Waals surface area contributed by atoms with Crippen LogP contribution in [-0.2, 0) is 31.2 Å². The van der Waals surface area contributed by atoms with E-state index in [1.54, 1.807) is 29.3 Å². The molecule has 1 amide bonds. The van der Waals surface area contributed by atoms with Crippen LogP contribution in [0.25, 0.3) is 0 Å². The number of sulfonamides is 1. The highest BCUT2D eigenvalue weighted by atomic mass is 32.3. The van der Waals surface area contributed by atoms with E-state index in [9.17, 15) is 21.6 Å². The van der Waals surface area contributed by atoms with E-state index in [-0.39, 0.29) is 38.2 Å². The second kappa shape index (κ2) is 11.3. The largest absolute Gasteiger partial charge is 0.384 e. The molecule has 0 radical (unpaired) electrons. The van der Waals surface area contributed by atoms with Crippen molar-refractivity contribution in [2.24, 2.45) is 5.92 Å². The number of anilines is 1. The third-order valence-corrected chi connectivity index (χ3v) is 12.9. The van der Waals surface area contributed by atoms with Crippen LogP contribution >= 0.6 is 11.3 Å². The van der Waals surface area contributed by atoms with Gasteiger partial charge in [0.1, 0.15) is 14.2 Å². The maximum absolute atomic E-state index is 13.3. The predicted octanol–water partition coefficient (Wildman–Crippen LogP) is 2.30. The molecule has 2 N–H and O–H groups in total. The number of hydrogen-bond acceptors (Lipinski definition) is 9. The summed E-state index contributed by atoms with van der Waals surface area (Å²) in [6.45, 7) is 3.36. The van der Waals surface area contributed by atoms with Crippen molar-refractivity contribution in [3.63, 3.8) is 0 Å². The first-order chi connectivity index (χ1) is 18.6. The molecule has 2 aliphatic rings. The number of carbonyl (C=O) groups is 1. The van der Waals surface area contributed by atoms with E-state index in [1.165, 1.54) is 28.6 Å². The molecule has 0 spiro atoms. The number of likely N-dealkylation sites (tertiary alicyclic amines) is 1. The van der Waals surface area contributed by atoms with Crippen molar-refractivity contribution < 1.29 is 21.6 Å². The first kappa shape index (κ1) is 27.7. The van der Waals surface area contributed by atoms with E-state index >= 15 is 0 Å². The number of amides is 1. The van der Waals surface area contributed by atoms with Crippen LogP contribution in [0.2, 0.25) is 0 Å². The van der Waals surface area contributed by atoms with Crippen LogP contribution in [0.3, 0.4) is 0 Å². The standard InChI is InChI=1S/C26H31N5O5S3/c27-23-18-20(8-11-28-23)19-29-12-9-21(10-13-29)26(32)30-14-16-31(17-15-30)39(35,36)25-7-6-24(37-25)38(33,34)22-4-2-1-3-5-22/h1-8,11,18,21H,9-10,12-17,19H2,(H2,27,28). The fourth-order valence-corrected chi connectivity index (χ4v) is 9.79. The lowest BCUT2D eigenvalue weighted by atomic mass is 9.94. The highest BCUT2D eigenvalue weighted by Crippen LogP contribution is 2.32. The van der Waals surface area contributed by atoms with Gasteiger partial charge in [-0.15, -0.1) is 11.3 Å². The van der Waals surface area contributed by atoms with Crippen molar-refractivity contribution in [1.29, 1.82) is 0 Å². The zero-order valence-electron chi connectivity index (χ0n) is 21.3. The molecule has 2 aromatic heterocycles. The molecule has 0 unspecified atom stereocenters. The average molecular weight is 590 g/mol. The van der Waals surface area contributed by atoms with Crippen molar-refractivity contribution >= 4 is 42.9 Å². The zero-order chi connectivity index (χ0) is 27.6. The minimum atomic E-state index is -3.87. The summed E-state index contributed by atoms with van der Waals surface area (Å²) in [7, 11) is -7.66. The topological polar surface area (TPSA) is 134 Å². The number of nitrogens with zero attached hydrogens (tertiary/aromatic N) is 4. The number of hydrogen-bond donors (Lipinski definition) is 1. The first-order valence-corrected chi connectivity index (χ1v) is 16.5. The minimum Gasteiger partial charge on any atom is -0.384 e. The third kappa shape index (κ3) is 6.02. The summed E-state index contributed by atoms with van der Waals surface area (Å²) in [5.74, 6) is 0.498. The van der Waals surface area contributed by atoms with E-state index in [0.29, 0.717) is 18.9 Å². The number of sulfone groups is 1. The number of carbonyl (C=O) groups excluding carboxylic acids is 1. The van der Waals surface area contributed by atoms with Crippen molar-refractivity contribution in [2.45, 2.75) is 32.7 Å². The molecule has 0 atom stereocenters. The number of nitrogens with two attached hydrogens (primary N) is 1. The Morgan fingerprint density at radius 1 is 0.897 bits per heavy atom. The minimum absolute atomic E-state index is 0.0138. The van der Waals surface area contributed by atoms with Crippen LogP contribution in [0.1, 0.15) is 18.4 Å². The predicted molar refractivity (Wildman–Crippen MR) is 148 cm³/mol. The Labute approximate surface area is 233 Å². The Hall–Kier alpha value is -2.84. The van der Waals surface area contributed by atoms with Gasteiger partial charge in [-0.3, -0.25) is 9.69 Å². The van der Waals surface area contributed by atoms with E-state index in [2.05, 4.69) is 9.88 Å². The van der Waals surface area contributed by atoms with Gasteiger partial charge in [0.25, 0.3) is 10.0 Å². The third-order valence-electron chi connectivity index (χ3n) is 7.21. The summed E-state index contributed by atoms with van der Waals surface area (Å²) in [4.78, 5) is 21.4. The molecule has 0 aliphatic carbocycles. The van der Waals surface area contributed by atoms with Crippen LogP contribution in [0.4, 0.5) is 5.82 Å². The molecular formula is C26H31N5O5S3. The molecule has 5 rings (SSSR count). The highest BCUT2D eigenvalue weighted by molar-refractivity contribution is 7.95. The van der Waals surface area contributed by atoms with Crippen LogP contribution in [0.5, 0.6) is 0 Å². The first-order valence-electron chi connectivity index (χ1n) is 12.8.